The lowest BCUT2D eigenvalue weighted by molar-refractivity contribution is 0.616. The molecule has 0 atom stereocenters. The summed E-state index contributed by atoms with van der Waals surface area (Å²) in [6, 6.07) is 20.5. The fourth-order valence-corrected chi connectivity index (χ4v) is 4.49. The highest BCUT2D eigenvalue weighted by molar-refractivity contribution is 5.88. The van der Waals surface area contributed by atoms with E-state index in [0.29, 0.717) is 45.9 Å². The smallest absolute Gasteiger partial charge is 0.141 e. The monoisotopic (exact) mass is 471 g/mol. The van der Waals surface area contributed by atoms with E-state index >= 15 is 4.39 Å². The molecule has 0 spiro atoms. The van der Waals surface area contributed by atoms with Crippen molar-refractivity contribution >= 4 is 10.8 Å². The molecule has 0 radical (unpaired) electrons. The third kappa shape index (κ3) is 5.74. The van der Waals surface area contributed by atoms with Gasteiger partial charge in [0.15, 0.2) is 0 Å². The highest BCUT2D eigenvalue weighted by Crippen LogP contribution is 2.30. The Bertz CT molecular complexity index is 1380. The first-order valence-corrected chi connectivity index (χ1v) is 12.2. The van der Waals surface area contributed by atoms with E-state index in [1.54, 1.807) is 36.4 Å². The number of unbranched alkanes of at least 4 members (excludes halogenated alkanes) is 3. The number of halogens is 3. The molecular formula is C31H28F3N. The number of nitriles is 1. The molecule has 0 heterocycles. The fourth-order valence-electron chi connectivity index (χ4n) is 4.49. The molecular weight excluding hydrogens is 443 g/mol. The molecule has 0 bridgehead atoms. The molecule has 4 aromatic rings. The van der Waals surface area contributed by atoms with Gasteiger partial charge in [-0.05, 0) is 77.6 Å². The van der Waals surface area contributed by atoms with E-state index in [-0.39, 0.29) is 17.2 Å². The minimum Gasteiger partial charge on any atom is -0.206 e. The molecule has 0 saturated heterocycles. The zero-order valence-electron chi connectivity index (χ0n) is 19.9. The highest BCUT2D eigenvalue weighted by atomic mass is 19.1. The molecule has 4 rings (SSSR count). The molecule has 0 aliphatic heterocycles. The molecule has 0 fully saturated rings. The predicted molar refractivity (Wildman–Crippen MR) is 136 cm³/mol. The van der Waals surface area contributed by atoms with Crippen molar-refractivity contribution in [3.8, 4) is 17.2 Å². The summed E-state index contributed by atoms with van der Waals surface area (Å²) in [6.07, 6.45) is 6.32. The summed E-state index contributed by atoms with van der Waals surface area (Å²) in [5.74, 6) is -1.14. The molecule has 0 aromatic heterocycles. The Kier molecular flexibility index (Phi) is 7.87. The van der Waals surface area contributed by atoms with E-state index in [1.807, 2.05) is 24.3 Å². The molecule has 178 valence electrons. The second kappa shape index (κ2) is 11.2. The molecule has 0 aliphatic carbocycles. The summed E-state index contributed by atoms with van der Waals surface area (Å²) in [5.41, 5.74) is 3.47. The summed E-state index contributed by atoms with van der Waals surface area (Å²) < 4.78 is 43.9. The Labute approximate surface area is 204 Å². The summed E-state index contributed by atoms with van der Waals surface area (Å²) in [4.78, 5) is 0. The Morgan fingerprint density at radius 1 is 0.714 bits per heavy atom. The van der Waals surface area contributed by atoms with E-state index in [0.717, 1.165) is 24.8 Å². The third-order valence-corrected chi connectivity index (χ3v) is 6.53. The summed E-state index contributed by atoms with van der Waals surface area (Å²) in [5, 5.41) is 10.0. The maximum atomic E-state index is 15.2. The molecule has 4 aromatic carbocycles. The van der Waals surface area contributed by atoms with Gasteiger partial charge in [-0.15, -0.1) is 0 Å². The van der Waals surface area contributed by atoms with E-state index < -0.39 is 5.82 Å². The molecule has 0 saturated carbocycles. The van der Waals surface area contributed by atoms with Crippen LogP contribution in [-0.4, -0.2) is 0 Å². The fraction of sp³-hybridized carbons (Fsp3) is 0.258. The molecule has 0 aliphatic rings. The Balaban J connectivity index is 1.51. The standard InChI is InChI=1S/C31H28F3N/c1-2-3-4-5-6-21-9-15-27(30(33)18-21)24-14-16-28-25(19-24)13-12-23(31(28)34)10-7-22-8-11-26(20-35)29(32)17-22/h8-9,11-19H,2-7,10H2,1H3. The van der Waals surface area contributed by atoms with Crippen LogP contribution in [0.2, 0.25) is 0 Å². The van der Waals surface area contributed by atoms with Gasteiger partial charge in [0.1, 0.15) is 23.5 Å². The molecule has 4 heteroatoms. The largest absolute Gasteiger partial charge is 0.206 e. The zero-order valence-corrected chi connectivity index (χ0v) is 19.9. The van der Waals surface area contributed by atoms with Crippen molar-refractivity contribution in [3.63, 3.8) is 0 Å². The summed E-state index contributed by atoms with van der Waals surface area (Å²) in [7, 11) is 0. The van der Waals surface area contributed by atoms with Gasteiger partial charge in [0.2, 0.25) is 0 Å². The normalized spacial score (nSPS) is 11.1. The minimum absolute atomic E-state index is 0.000472. The second-order valence-corrected chi connectivity index (χ2v) is 9.03. The van der Waals surface area contributed by atoms with Crippen molar-refractivity contribution in [2.45, 2.75) is 51.9 Å². The van der Waals surface area contributed by atoms with Crippen LogP contribution >= 0.6 is 0 Å². The average molecular weight is 472 g/mol. The molecule has 0 amide bonds. The lowest BCUT2D eigenvalue weighted by atomic mass is 9.96. The van der Waals surface area contributed by atoms with Gasteiger partial charge in [0, 0.05) is 10.9 Å². The van der Waals surface area contributed by atoms with Gasteiger partial charge in [-0.25, -0.2) is 13.2 Å². The zero-order chi connectivity index (χ0) is 24.8. The molecule has 35 heavy (non-hydrogen) atoms. The van der Waals surface area contributed by atoms with Crippen LogP contribution in [0.5, 0.6) is 0 Å². The van der Waals surface area contributed by atoms with Crippen LogP contribution in [0.15, 0.2) is 66.7 Å². The Hall–Kier alpha value is -3.58. The minimum atomic E-state index is -0.562. The molecule has 0 N–H and O–H groups in total. The maximum Gasteiger partial charge on any atom is 0.141 e. The average Bonchev–Trinajstić information content (AvgIpc) is 2.86. The van der Waals surface area contributed by atoms with Gasteiger partial charge in [-0.2, -0.15) is 5.26 Å². The van der Waals surface area contributed by atoms with Gasteiger partial charge in [-0.1, -0.05) is 68.7 Å². The lowest BCUT2D eigenvalue weighted by Crippen LogP contribution is -1.97. The molecule has 0 unspecified atom stereocenters. The summed E-state index contributed by atoms with van der Waals surface area (Å²) in [6.45, 7) is 2.17. The van der Waals surface area contributed by atoms with Crippen LogP contribution in [0.25, 0.3) is 21.9 Å². The number of nitrogens with zero attached hydrogens (tertiary/aromatic N) is 1. The van der Waals surface area contributed by atoms with Crippen LogP contribution in [0.4, 0.5) is 13.2 Å². The van der Waals surface area contributed by atoms with E-state index in [2.05, 4.69) is 6.92 Å². The van der Waals surface area contributed by atoms with Crippen molar-refractivity contribution in [2.75, 3.05) is 0 Å². The van der Waals surface area contributed by atoms with Crippen LogP contribution in [0.1, 0.15) is 54.9 Å². The van der Waals surface area contributed by atoms with Crippen molar-refractivity contribution in [1.29, 1.82) is 5.26 Å². The number of rotatable bonds is 9. The highest BCUT2D eigenvalue weighted by Gasteiger charge is 2.12. The number of hydrogen-bond acceptors (Lipinski definition) is 1. The predicted octanol–water partition coefficient (Wildman–Crippen LogP) is 8.70. The summed E-state index contributed by atoms with van der Waals surface area (Å²) >= 11 is 0. The van der Waals surface area contributed by atoms with Crippen LogP contribution in [-0.2, 0) is 19.3 Å². The van der Waals surface area contributed by atoms with Gasteiger partial charge in [0.25, 0.3) is 0 Å². The quantitative estimate of drug-likeness (QED) is 0.224. The Morgan fingerprint density at radius 2 is 1.49 bits per heavy atom. The maximum absolute atomic E-state index is 15.2. The van der Waals surface area contributed by atoms with Crippen molar-refractivity contribution in [2.24, 2.45) is 0 Å². The number of aryl methyl sites for hydroxylation is 3. The lowest BCUT2D eigenvalue weighted by Gasteiger charge is -2.11. The van der Waals surface area contributed by atoms with Gasteiger partial charge >= 0.3 is 0 Å². The first-order chi connectivity index (χ1) is 17.0. The van der Waals surface area contributed by atoms with Crippen molar-refractivity contribution in [1.82, 2.24) is 0 Å². The number of benzene rings is 4. The topological polar surface area (TPSA) is 23.8 Å². The SMILES string of the molecule is CCCCCCc1ccc(-c2ccc3c(F)c(CCc4ccc(C#N)c(F)c4)ccc3c2)c(F)c1. The number of hydrogen-bond donors (Lipinski definition) is 0. The van der Waals surface area contributed by atoms with E-state index in [4.69, 9.17) is 5.26 Å². The van der Waals surface area contributed by atoms with Gasteiger partial charge in [0.05, 0.1) is 5.56 Å². The van der Waals surface area contributed by atoms with Crippen LogP contribution in [0.3, 0.4) is 0 Å². The van der Waals surface area contributed by atoms with Gasteiger partial charge < -0.3 is 0 Å². The molecule has 1 nitrogen and oxygen atoms in total. The van der Waals surface area contributed by atoms with E-state index in [1.165, 1.54) is 25.0 Å². The first kappa shape index (κ1) is 24.5. The third-order valence-electron chi connectivity index (χ3n) is 6.53. The first-order valence-electron chi connectivity index (χ1n) is 12.2. The number of fused-ring (bicyclic) bond motifs is 1. The van der Waals surface area contributed by atoms with E-state index in [9.17, 15) is 8.78 Å². The van der Waals surface area contributed by atoms with Crippen LogP contribution in [0, 0.1) is 28.8 Å². The van der Waals surface area contributed by atoms with Crippen molar-refractivity contribution in [3.05, 3.63) is 106 Å². The Morgan fingerprint density at radius 3 is 2.23 bits per heavy atom. The van der Waals surface area contributed by atoms with Crippen molar-refractivity contribution < 1.29 is 13.2 Å². The second-order valence-electron chi connectivity index (χ2n) is 9.03. The van der Waals surface area contributed by atoms with Crippen LogP contribution < -0.4 is 0 Å². The van der Waals surface area contributed by atoms with Gasteiger partial charge in [-0.3, -0.25) is 0 Å².